The van der Waals surface area contributed by atoms with E-state index in [0.29, 0.717) is 0 Å². The molecule has 0 spiro atoms. The summed E-state index contributed by atoms with van der Waals surface area (Å²) in [7, 11) is 2.14. The highest BCUT2D eigenvalue weighted by Gasteiger charge is 2.41. The molecular formula is C50H52BN2+. The molecule has 4 heterocycles. The first-order valence-corrected chi connectivity index (χ1v) is 19.5. The summed E-state index contributed by atoms with van der Waals surface area (Å²) < 4.78 is 4.87. The van der Waals surface area contributed by atoms with Gasteiger partial charge in [0.25, 0.3) is 0 Å². The molecule has 0 saturated heterocycles. The molecule has 2 nitrogen and oxygen atoms in total. The van der Waals surface area contributed by atoms with Crippen LogP contribution < -0.4 is 21.0 Å². The number of rotatable bonds is 2. The highest BCUT2D eigenvalue weighted by Crippen LogP contribution is 2.41. The van der Waals surface area contributed by atoms with Gasteiger partial charge in [-0.1, -0.05) is 116 Å². The van der Waals surface area contributed by atoms with Gasteiger partial charge in [-0.15, -0.1) is 0 Å². The van der Waals surface area contributed by atoms with Gasteiger partial charge in [0.15, 0.2) is 6.20 Å². The number of aromatic nitrogens is 2. The number of pyridine rings is 1. The average molecular weight is 692 g/mol. The van der Waals surface area contributed by atoms with Crippen molar-refractivity contribution in [1.82, 2.24) is 4.57 Å². The Balaban J connectivity index is 1.40. The van der Waals surface area contributed by atoms with Crippen molar-refractivity contribution < 1.29 is 4.57 Å². The minimum Gasteiger partial charge on any atom is -0.310 e. The van der Waals surface area contributed by atoms with Crippen molar-refractivity contribution in [2.75, 3.05) is 0 Å². The van der Waals surface area contributed by atoms with Gasteiger partial charge in [0.05, 0.1) is 5.52 Å². The van der Waals surface area contributed by atoms with Crippen molar-refractivity contribution in [2.24, 2.45) is 7.05 Å². The Kier molecular flexibility index (Phi) is 7.24. The maximum absolute atomic E-state index is 2.64. The van der Waals surface area contributed by atoms with E-state index >= 15 is 0 Å². The third-order valence-corrected chi connectivity index (χ3v) is 12.3. The largest absolute Gasteiger partial charge is 0.310 e. The van der Waals surface area contributed by atoms with Gasteiger partial charge in [-0.05, 0) is 121 Å². The van der Waals surface area contributed by atoms with E-state index in [2.05, 4.69) is 189 Å². The summed E-state index contributed by atoms with van der Waals surface area (Å²) in [4.78, 5) is 0. The Morgan fingerprint density at radius 2 is 1.28 bits per heavy atom. The van der Waals surface area contributed by atoms with E-state index in [1.54, 1.807) is 0 Å². The van der Waals surface area contributed by atoms with Crippen LogP contribution in [0.5, 0.6) is 0 Å². The molecular weight excluding hydrogens is 639 g/mol. The summed E-state index contributed by atoms with van der Waals surface area (Å²) in [5.74, 6) is 0. The second-order valence-corrected chi connectivity index (χ2v) is 19.1. The number of hydrogen-bond donors (Lipinski definition) is 0. The fourth-order valence-corrected chi connectivity index (χ4v) is 9.13. The first-order chi connectivity index (χ1) is 25.0. The van der Waals surface area contributed by atoms with Crippen LogP contribution in [0.25, 0.3) is 49.9 Å². The number of benzene rings is 5. The molecule has 2 aromatic heterocycles. The summed E-state index contributed by atoms with van der Waals surface area (Å²) in [5, 5.41) is 2.73. The maximum Gasteiger partial charge on any atom is 0.247 e. The van der Waals surface area contributed by atoms with Crippen LogP contribution in [0.1, 0.15) is 95.7 Å². The summed E-state index contributed by atoms with van der Waals surface area (Å²) in [6, 6.07) is 38.3. The van der Waals surface area contributed by atoms with Gasteiger partial charge in [-0.2, -0.15) is 0 Å². The molecule has 0 N–H and O–H groups in total. The van der Waals surface area contributed by atoms with E-state index < -0.39 is 0 Å². The number of aryl methyl sites for hydroxylation is 2. The van der Waals surface area contributed by atoms with Crippen LogP contribution in [0.3, 0.4) is 0 Å². The molecule has 9 rings (SSSR count). The van der Waals surface area contributed by atoms with Gasteiger partial charge < -0.3 is 4.57 Å². The quantitative estimate of drug-likeness (QED) is 0.126. The van der Waals surface area contributed by atoms with Crippen LogP contribution in [0.2, 0.25) is 0 Å². The molecule has 0 aliphatic carbocycles. The van der Waals surface area contributed by atoms with Crippen molar-refractivity contribution >= 4 is 44.9 Å². The lowest BCUT2D eigenvalue weighted by molar-refractivity contribution is -0.660. The molecule has 7 aromatic rings. The van der Waals surface area contributed by atoms with E-state index in [0.717, 1.165) is 6.42 Å². The van der Waals surface area contributed by atoms with E-state index in [9.17, 15) is 0 Å². The molecule has 53 heavy (non-hydrogen) atoms. The zero-order chi connectivity index (χ0) is 37.4. The molecule has 0 radical (unpaired) electrons. The normalized spacial score (nSPS) is 13.8. The predicted molar refractivity (Wildman–Crippen MR) is 228 cm³/mol. The molecule has 0 unspecified atom stereocenters. The van der Waals surface area contributed by atoms with E-state index in [4.69, 9.17) is 0 Å². The zero-order valence-corrected chi connectivity index (χ0v) is 33.5. The minimum absolute atomic E-state index is 0.0109. The minimum atomic E-state index is 0.0109. The Hall–Kier alpha value is -4.89. The molecule has 5 aromatic carbocycles. The van der Waals surface area contributed by atoms with Crippen LogP contribution in [0, 0.1) is 6.92 Å². The highest BCUT2D eigenvalue weighted by atomic mass is 15.0. The Labute approximate surface area is 316 Å². The highest BCUT2D eigenvalue weighted by molar-refractivity contribution is 6.99. The Bertz CT molecular complexity index is 2670. The second kappa shape index (κ2) is 11.3. The lowest BCUT2D eigenvalue weighted by Crippen LogP contribution is -2.60. The lowest BCUT2D eigenvalue weighted by Gasteiger charge is -2.36. The second-order valence-electron chi connectivity index (χ2n) is 19.1. The molecule has 3 heteroatoms. The topological polar surface area (TPSA) is 8.81 Å². The van der Waals surface area contributed by atoms with Gasteiger partial charge in [-0.25, -0.2) is 4.57 Å². The standard InChI is InChI=1S/C50H52BN2/c1-30-15-16-31(24-38(30)43-14-12-13-21-52(43)11)33-23-34-22-32-17-18-36(49(5,6)7)28-41(32)51-42-29-37(50(8,9)10)27-40-39-26-35(48(2,3)4)19-20-44(39)53(47(40)42)45(25-33)46(34)51/h12-21,23-29H,22H2,1-11H3/q+1. The van der Waals surface area contributed by atoms with Crippen LogP contribution in [-0.2, 0) is 29.7 Å². The van der Waals surface area contributed by atoms with Crippen LogP contribution in [0.15, 0.2) is 103 Å². The van der Waals surface area contributed by atoms with E-state index in [-0.39, 0.29) is 23.0 Å². The fraction of sp³-hybridized carbons (Fsp3) is 0.300. The van der Waals surface area contributed by atoms with Crippen LogP contribution >= 0.6 is 0 Å². The van der Waals surface area contributed by atoms with Crippen molar-refractivity contribution in [1.29, 1.82) is 0 Å². The first kappa shape index (κ1) is 33.9. The first-order valence-electron chi connectivity index (χ1n) is 19.5. The average Bonchev–Trinajstić information content (AvgIpc) is 3.43. The van der Waals surface area contributed by atoms with Gasteiger partial charge in [-0.3, -0.25) is 0 Å². The molecule has 2 aliphatic heterocycles. The van der Waals surface area contributed by atoms with Gasteiger partial charge in [0.2, 0.25) is 12.4 Å². The Morgan fingerprint density at radius 3 is 2.00 bits per heavy atom. The zero-order valence-electron chi connectivity index (χ0n) is 33.5. The number of nitrogens with zero attached hydrogens (tertiary/aromatic N) is 2. The van der Waals surface area contributed by atoms with Gasteiger partial charge in [0, 0.05) is 39.7 Å². The summed E-state index contributed by atoms with van der Waals surface area (Å²) in [5.41, 5.74) is 22.0. The molecule has 0 bridgehead atoms. The van der Waals surface area contributed by atoms with Crippen molar-refractivity contribution in [3.8, 4) is 28.1 Å². The fourth-order valence-electron chi connectivity index (χ4n) is 9.13. The van der Waals surface area contributed by atoms with Crippen molar-refractivity contribution in [2.45, 2.75) is 91.9 Å². The van der Waals surface area contributed by atoms with Gasteiger partial charge >= 0.3 is 0 Å². The molecule has 2 aliphatic rings. The summed E-state index contributed by atoms with van der Waals surface area (Å²) >= 11 is 0. The maximum atomic E-state index is 2.64. The van der Waals surface area contributed by atoms with Crippen LogP contribution in [-0.4, -0.2) is 11.3 Å². The number of hydrogen-bond acceptors (Lipinski definition) is 0. The lowest BCUT2D eigenvalue weighted by atomic mass is 9.32. The van der Waals surface area contributed by atoms with Gasteiger partial charge in [0.1, 0.15) is 7.05 Å². The molecule has 0 amide bonds. The Morgan fingerprint density at radius 1 is 0.604 bits per heavy atom. The molecule has 0 fully saturated rings. The number of fused-ring (bicyclic) bond motifs is 7. The molecule has 0 saturated carbocycles. The smallest absolute Gasteiger partial charge is 0.247 e. The predicted octanol–water partition coefficient (Wildman–Crippen LogP) is 9.88. The SMILES string of the molecule is Cc1ccc(-c2cc3c4c(c2)-n2c5ccc(C(C)(C)C)cc5c5cc(C(C)(C)C)cc(c52)B4c2cc(C(C)(C)C)ccc2C3)cc1-c1cccc[n+]1C. The summed E-state index contributed by atoms with van der Waals surface area (Å²) in [6.07, 6.45) is 3.08. The van der Waals surface area contributed by atoms with E-state index in [1.165, 1.54) is 99.6 Å². The monoisotopic (exact) mass is 691 g/mol. The van der Waals surface area contributed by atoms with Crippen LogP contribution in [0.4, 0.5) is 0 Å². The molecule has 0 atom stereocenters. The van der Waals surface area contributed by atoms with Crippen molar-refractivity contribution in [3.63, 3.8) is 0 Å². The third-order valence-electron chi connectivity index (χ3n) is 12.3. The van der Waals surface area contributed by atoms with Crippen molar-refractivity contribution in [3.05, 3.63) is 137 Å². The molecule has 264 valence electrons. The summed E-state index contributed by atoms with van der Waals surface area (Å²) in [6.45, 7) is 23.5. The third kappa shape index (κ3) is 5.25. The van der Waals surface area contributed by atoms with E-state index in [1.807, 2.05) is 0 Å².